The van der Waals surface area contributed by atoms with Crippen molar-refractivity contribution < 1.29 is 4.79 Å². The van der Waals surface area contributed by atoms with E-state index in [4.69, 9.17) is 0 Å². The number of hydrogen-bond donors (Lipinski definition) is 0. The smallest absolute Gasteiger partial charge is 0.152 e. The van der Waals surface area contributed by atoms with Gasteiger partial charge in [0.2, 0.25) is 0 Å². The van der Waals surface area contributed by atoms with E-state index >= 15 is 0 Å². The molecule has 28 heavy (non-hydrogen) atoms. The molecule has 2 heterocycles. The average molecular weight is 373 g/mol. The number of fused-ring (bicyclic) bond motifs is 1. The zero-order valence-corrected chi connectivity index (χ0v) is 16.6. The summed E-state index contributed by atoms with van der Waals surface area (Å²) in [6.07, 6.45) is 10.9. The highest BCUT2D eigenvalue weighted by Gasteiger charge is 2.13. The summed E-state index contributed by atoms with van der Waals surface area (Å²) in [6.45, 7) is 5.20. The largest absolute Gasteiger partial charge is 0.316 e. The first kappa shape index (κ1) is 18.7. The maximum atomic E-state index is 11.1. The fourth-order valence-corrected chi connectivity index (χ4v) is 4.08. The van der Waals surface area contributed by atoms with Crippen LogP contribution in [0.4, 0.5) is 0 Å². The fraction of sp³-hybridized carbons (Fsp3) is 0.320. The maximum Gasteiger partial charge on any atom is 0.152 e. The Labute approximate surface area is 167 Å². The number of carbonyl (C=O) groups is 1. The molecular formula is C25H28N2O. The Morgan fingerprint density at radius 2 is 1.75 bits per heavy atom. The first-order valence-electron chi connectivity index (χ1n) is 10.3. The lowest BCUT2D eigenvalue weighted by Gasteiger charge is -2.26. The molecule has 0 unspecified atom stereocenters. The molecule has 0 radical (unpaired) electrons. The molecule has 4 rings (SSSR count). The molecule has 0 aliphatic carbocycles. The molecule has 0 amide bonds. The van der Waals surface area contributed by atoms with E-state index in [9.17, 15) is 4.79 Å². The molecule has 0 spiro atoms. The lowest BCUT2D eigenvalue weighted by Crippen LogP contribution is -2.31. The number of allylic oxidation sites excluding steroid dienone is 1. The van der Waals surface area contributed by atoms with Gasteiger partial charge in [-0.25, -0.2) is 0 Å². The predicted octanol–water partition coefficient (Wildman–Crippen LogP) is 5.26. The SMILES string of the molecule is CC(=O)/C=C/c1ccc(-n2cc(CCN3CCCCC3)c3ccccc32)cc1. The lowest BCUT2D eigenvalue weighted by atomic mass is 10.1. The van der Waals surface area contributed by atoms with Gasteiger partial charge in [0.15, 0.2) is 5.78 Å². The summed E-state index contributed by atoms with van der Waals surface area (Å²) in [5, 5.41) is 1.35. The molecule has 2 aromatic carbocycles. The van der Waals surface area contributed by atoms with Gasteiger partial charge in [-0.15, -0.1) is 0 Å². The number of ketones is 1. The van der Waals surface area contributed by atoms with Crippen molar-refractivity contribution in [1.82, 2.24) is 9.47 Å². The molecule has 3 heteroatoms. The van der Waals surface area contributed by atoms with Crippen LogP contribution in [0.15, 0.2) is 60.8 Å². The third kappa shape index (κ3) is 4.26. The first-order chi connectivity index (χ1) is 13.7. The van der Waals surface area contributed by atoms with E-state index in [0.717, 1.165) is 24.2 Å². The molecule has 0 N–H and O–H groups in total. The van der Waals surface area contributed by atoms with Gasteiger partial charge in [-0.1, -0.05) is 42.8 Å². The summed E-state index contributed by atoms with van der Waals surface area (Å²) in [6, 6.07) is 17.1. The van der Waals surface area contributed by atoms with E-state index in [-0.39, 0.29) is 5.78 Å². The number of hydrogen-bond acceptors (Lipinski definition) is 2. The Balaban J connectivity index is 1.59. The number of likely N-dealkylation sites (tertiary alicyclic amines) is 1. The number of nitrogens with zero attached hydrogens (tertiary/aromatic N) is 2. The van der Waals surface area contributed by atoms with Crippen LogP contribution >= 0.6 is 0 Å². The molecule has 0 bridgehead atoms. The van der Waals surface area contributed by atoms with Crippen LogP contribution in [-0.4, -0.2) is 34.9 Å². The zero-order chi connectivity index (χ0) is 19.3. The molecule has 1 saturated heterocycles. The van der Waals surface area contributed by atoms with Crippen LogP contribution in [0.3, 0.4) is 0 Å². The molecule has 1 fully saturated rings. The van der Waals surface area contributed by atoms with Crippen molar-refractivity contribution in [2.45, 2.75) is 32.6 Å². The standard InChI is InChI=1S/C25H28N2O/c1-20(28)9-10-21-11-13-23(14-12-21)27-19-22(24-7-3-4-8-25(24)27)15-18-26-16-5-2-6-17-26/h3-4,7-14,19H,2,5-6,15-18H2,1H3/b10-9+. The van der Waals surface area contributed by atoms with Crippen molar-refractivity contribution in [2.24, 2.45) is 0 Å². The summed E-state index contributed by atoms with van der Waals surface area (Å²) in [5.74, 6) is 0.0684. The second kappa shape index (κ2) is 8.57. The van der Waals surface area contributed by atoms with Gasteiger partial charge >= 0.3 is 0 Å². The van der Waals surface area contributed by atoms with Crippen LogP contribution < -0.4 is 0 Å². The molecule has 144 valence electrons. The minimum atomic E-state index is 0.0684. The summed E-state index contributed by atoms with van der Waals surface area (Å²) >= 11 is 0. The fourth-order valence-electron chi connectivity index (χ4n) is 4.08. The van der Waals surface area contributed by atoms with Gasteiger partial charge in [0.25, 0.3) is 0 Å². The summed E-state index contributed by atoms with van der Waals surface area (Å²) in [5.41, 5.74) is 4.87. The number of carbonyl (C=O) groups excluding carboxylic acids is 1. The Morgan fingerprint density at radius 3 is 2.50 bits per heavy atom. The van der Waals surface area contributed by atoms with E-state index in [1.54, 1.807) is 13.0 Å². The maximum absolute atomic E-state index is 11.1. The third-order valence-corrected chi connectivity index (χ3v) is 5.62. The molecular weight excluding hydrogens is 344 g/mol. The highest BCUT2D eigenvalue weighted by Crippen LogP contribution is 2.26. The van der Waals surface area contributed by atoms with Crippen LogP contribution in [0.25, 0.3) is 22.7 Å². The predicted molar refractivity (Wildman–Crippen MR) is 117 cm³/mol. The molecule has 1 aliphatic rings. The van der Waals surface area contributed by atoms with Crippen LogP contribution in [-0.2, 0) is 11.2 Å². The second-order valence-corrected chi connectivity index (χ2v) is 7.73. The van der Waals surface area contributed by atoms with Gasteiger partial charge in [-0.3, -0.25) is 4.79 Å². The van der Waals surface area contributed by atoms with Crippen molar-refractivity contribution in [1.29, 1.82) is 0 Å². The molecule has 0 saturated carbocycles. The topological polar surface area (TPSA) is 25.2 Å². The molecule has 3 aromatic rings. The van der Waals surface area contributed by atoms with Gasteiger partial charge in [0, 0.05) is 23.8 Å². The second-order valence-electron chi connectivity index (χ2n) is 7.73. The number of aromatic nitrogens is 1. The number of rotatable bonds is 6. The Kier molecular flexibility index (Phi) is 5.73. The number of para-hydroxylation sites is 1. The van der Waals surface area contributed by atoms with E-state index in [0.29, 0.717) is 0 Å². The first-order valence-corrected chi connectivity index (χ1v) is 10.3. The summed E-state index contributed by atoms with van der Waals surface area (Å²) in [4.78, 5) is 13.7. The lowest BCUT2D eigenvalue weighted by molar-refractivity contribution is -0.112. The molecule has 3 nitrogen and oxygen atoms in total. The number of benzene rings is 2. The van der Waals surface area contributed by atoms with Gasteiger partial charge in [-0.2, -0.15) is 0 Å². The quantitative estimate of drug-likeness (QED) is 0.551. The molecule has 0 atom stereocenters. The van der Waals surface area contributed by atoms with Crippen molar-refractivity contribution in [2.75, 3.05) is 19.6 Å². The monoisotopic (exact) mass is 372 g/mol. The van der Waals surface area contributed by atoms with Gasteiger partial charge in [-0.05, 0) is 74.7 Å². The zero-order valence-electron chi connectivity index (χ0n) is 16.6. The third-order valence-electron chi connectivity index (χ3n) is 5.62. The Bertz CT molecular complexity index is 975. The van der Waals surface area contributed by atoms with Gasteiger partial charge in [0.1, 0.15) is 0 Å². The van der Waals surface area contributed by atoms with Crippen molar-refractivity contribution in [3.05, 3.63) is 71.9 Å². The van der Waals surface area contributed by atoms with Crippen molar-refractivity contribution in [3.8, 4) is 5.69 Å². The summed E-state index contributed by atoms with van der Waals surface area (Å²) in [7, 11) is 0. The minimum Gasteiger partial charge on any atom is -0.316 e. The molecule has 1 aliphatic heterocycles. The van der Waals surface area contributed by atoms with Crippen LogP contribution in [0.5, 0.6) is 0 Å². The Hall–Kier alpha value is -2.65. The van der Waals surface area contributed by atoms with Crippen molar-refractivity contribution >= 4 is 22.8 Å². The van der Waals surface area contributed by atoms with Crippen LogP contribution in [0.2, 0.25) is 0 Å². The molecule has 1 aromatic heterocycles. The summed E-state index contributed by atoms with van der Waals surface area (Å²) < 4.78 is 2.29. The number of piperidine rings is 1. The van der Waals surface area contributed by atoms with E-state index in [1.165, 1.54) is 48.8 Å². The Morgan fingerprint density at radius 1 is 1.00 bits per heavy atom. The van der Waals surface area contributed by atoms with Crippen LogP contribution in [0, 0.1) is 0 Å². The highest BCUT2D eigenvalue weighted by molar-refractivity contribution is 5.91. The van der Waals surface area contributed by atoms with Gasteiger partial charge < -0.3 is 9.47 Å². The van der Waals surface area contributed by atoms with Gasteiger partial charge in [0.05, 0.1) is 5.52 Å². The van der Waals surface area contributed by atoms with Crippen molar-refractivity contribution in [3.63, 3.8) is 0 Å². The van der Waals surface area contributed by atoms with E-state index < -0.39 is 0 Å². The van der Waals surface area contributed by atoms with E-state index in [2.05, 4.69) is 64.2 Å². The average Bonchev–Trinajstić information content (AvgIpc) is 3.11. The van der Waals surface area contributed by atoms with Crippen LogP contribution in [0.1, 0.15) is 37.3 Å². The normalized spacial score (nSPS) is 15.5. The minimum absolute atomic E-state index is 0.0684. The highest BCUT2D eigenvalue weighted by atomic mass is 16.1. The van der Waals surface area contributed by atoms with E-state index in [1.807, 2.05) is 6.08 Å².